The van der Waals surface area contributed by atoms with Crippen molar-refractivity contribution in [3.63, 3.8) is 0 Å². The monoisotopic (exact) mass is 319 g/mol. The SMILES string of the molecule is Cc1ccc(O)c(CN[C@H](C)c2ccccc2Br)c1. The van der Waals surface area contributed by atoms with Gasteiger partial charge in [-0.25, -0.2) is 0 Å². The molecule has 1 atom stereocenters. The van der Waals surface area contributed by atoms with E-state index in [0.717, 1.165) is 15.6 Å². The van der Waals surface area contributed by atoms with Crippen LogP contribution in [-0.4, -0.2) is 5.11 Å². The fraction of sp³-hybridized carbons (Fsp3) is 0.250. The van der Waals surface area contributed by atoms with E-state index in [1.165, 1.54) is 5.56 Å². The van der Waals surface area contributed by atoms with E-state index in [1.54, 1.807) is 6.07 Å². The average molecular weight is 320 g/mol. The van der Waals surface area contributed by atoms with Crippen molar-refractivity contribution >= 4 is 15.9 Å². The maximum Gasteiger partial charge on any atom is 0.120 e. The van der Waals surface area contributed by atoms with Gasteiger partial charge in [-0.15, -0.1) is 0 Å². The van der Waals surface area contributed by atoms with Gasteiger partial charge in [0.2, 0.25) is 0 Å². The van der Waals surface area contributed by atoms with Gasteiger partial charge in [0, 0.05) is 22.6 Å². The Labute approximate surface area is 122 Å². The van der Waals surface area contributed by atoms with Crippen molar-refractivity contribution in [3.8, 4) is 5.75 Å². The van der Waals surface area contributed by atoms with Crippen molar-refractivity contribution in [1.29, 1.82) is 0 Å². The van der Waals surface area contributed by atoms with E-state index in [9.17, 15) is 5.11 Å². The molecule has 0 spiro atoms. The molecule has 2 nitrogen and oxygen atoms in total. The van der Waals surface area contributed by atoms with Gasteiger partial charge in [0.05, 0.1) is 0 Å². The zero-order valence-electron chi connectivity index (χ0n) is 11.2. The second-order valence-electron chi connectivity index (χ2n) is 4.76. The van der Waals surface area contributed by atoms with Crippen molar-refractivity contribution in [2.75, 3.05) is 0 Å². The standard InChI is InChI=1S/C16H18BrNO/c1-11-7-8-16(19)13(9-11)10-18-12(2)14-5-3-4-6-15(14)17/h3-9,12,18-19H,10H2,1-2H3/t12-/m1/s1. The van der Waals surface area contributed by atoms with Gasteiger partial charge in [-0.05, 0) is 31.5 Å². The number of hydrogen-bond donors (Lipinski definition) is 2. The zero-order chi connectivity index (χ0) is 13.8. The van der Waals surface area contributed by atoms with Gasteiger partial charge in [0.1, 0.15) is 5.75 Å². The molecule has 2 rings (SSSR count). The Kier molecular flexibility index (Phi) is 4.61. The molecular formula is C16H18BrNO. The summed E-state index contributed by atoms with van der Waals surface area (Å²) in [4.78, 5) is 0. The quantitative estimate of drug-likeness (QED) is 0.879. The molecule has 0 fully saturated rings. The molecule has 2 aromatic rings. The van der Waals surface area contributed by atoms with Crippen molar-refractivity contribution < 1.29 is 5.11 Å². The summed E-state index contributed by atoms with van der Waals surface area (Å²) in [5, 5.41) is 13.3. The van der Waals surface area contributed by atoms with E-state index in [4.69, 9.17) is 0 Å². The Bertz CT molecular complexity index is 568. The highest BCUT2D eigenvalue weighted by molar-refractivity contribution is 9.10. The van der Waals surface area contributed by atoms with E-state index >= 15 is 0 Å². The number of nitrogens with one attached hydrogen (secondary N) is 1. The van der Waals surface area contributed by atoms with Crippen molar-refractivity contribution in [2.24, 2.45) is 0 Å². The third kappa shape index (κ3) is 3.58. The minimum absolute atomic E-state index is 0.218. The maximum absolute atomic E-state index is 9.82. The lowest BCUT2D eigenvalue weighted by atomic mass is 10.1. The molecule has 0 saturated carbocycles. The van der Waals surface area contributed by atoms with Crippen LogP contribution in [0.4, 0.5) is 0 Å². The molecule has 0 amide bonds. The van der Waals surface area contributed by atoms with Gasteiger partial charge in [0.15, 0.2) is 0 Å². The van der Waals surface area contributed by atoms with Gasteiger partial charge < -0.3 is 10.4 Å². The number of halogens is 1. The van der Waals surface area contributed by atoms with Crippen molar-refractivity contribution in [3.05, 3.63) is 63.6 Å². The van der Waals surface area contributed by atoms with E-state index in [-0.39, 0.29) is 6.04 Å². The predicted molar refractivity (Wildman–Crippen MR) is 82.2 cm³/mol. The van der Waals surface area contributed by atoms with Gasteiger partial charge in [0.25, 0.3) is 0 Å². The highest BCUT2D eigenvalue weighted by Gasteiger charge is 2.09. The van der Waals surface area contributed by atoms with Crippen LogP contribution in [-0.2, 0) is 6.54 Å². The summed E-state index contributed by atoms with van der Waals surface area (Å²) in [5.41, 5.74) is 3.30. The third-order valence-electron chi connectivity index (χ3n) is 3.21. The largest absolute Gasteiger partial charge is 0.508 e. The molecule has 0 aliphatic rings. The van der Waals surface area contributed by atoms with Crippen LogP contribution in [0.2, 0.25) is 0 Å². The van der Waals surface area contributed by atoms with Crippen molar-refractivity contribution in [1.82, 2.24) is 5.32 Å². The summed E-state index contributed by atoms with van der Waals surface area (Å²) < 4.78 is 1.10. The summed E-state index contributed by atoms with van der Waals surface area (Å²) >= 11 is 3.56. The Morgan fingerprint density at radius 1 is 1.21 bits per heavy atom. The lowest BCUT2D eigenvalue weighted by Gasteiger charge is -2.16. The Morgan fingerprint density at radius 2 is 1.95 bits per heavy atom. The fourth-order valence-electron chi connectivity index (χ4n) is 2.06. The molecule has 19 heavy (non-hydrogen) atoms. The number of phenols is 1. The summed E-state index contributed by atoms with van der Waals surface area (Å²) in [7, 11) is 0. The number of rotatable bonds is 4. The van der Waals surface area contributed by atoms with Crippen LogP contribution in [0, 0.1) is 6.92 Å². The molecule has 0 aliphatic heterocycles. The van der Waals surface area contributed by atoms with Crippen LogP contribution >= 0.6 is 15.9 Å². The van der Waals surface area contributed by atoms with E-state index in [2.05, 4.69) is 34.2 Å². The number of phenolic OH excluding ortho intramolecular Hbond substituents is 1. The predicted octanol–water partition coefficient (Wildman–Crippen LogP) is 4.31. The fourth-order valence-corrected chi connectivity index (χ4v) is 2.68. The van der Waals surface area contributed by atoms with Crippen LogP contribution in [0.3, 0.4) is 0 Å². The highest BCUT2D eigenvalue weighted by atomic mass is 79.9. The summed E-state index contributed by atoms with van der Waals surface area (Å²) in [6.07, 6.45) is 0. The molecule has 0 unspecified atom stereocenters. The summed E-state index contributed by atoms with van der Waals surface area (Å²) in [6, 6.07) is 14.1. The minimum Gasteiger partial charge on any atom is -0.508 e. The Morgan fingerprint density at radius 3 is 2.68 bits per heavy atom. The first-order valence-electron chi connectivity index (χ1n) is 6.34. The van der Waals surface area contributed by atoms with Crippen molar-refractivity contribution in [2.45, 2.75) is 26.4 Å². The van der Waals surface area contributed by atoms with Gasteiger partial charge in [-0.3, -0.25) is 0 Å². The summed E-state index contributed by atoms with van der Waals surface area (Å²) in [6.45, 7) is 4.79. The highest BCUT2D eigenvalue weighted by Crippen LogP contribution is 2.24. The summed E-state index contributed by atoms with van der Waals surface area (Å²) in [5.74, 6) is 0.345. The van der Waals surface area contributed by atoms with Gasteiger partial charge in [-0.1, -0.05) is 51.8 Å². The average Bonchev–Trinajstić information content (AvgIpc) is 2.40. The van der Waals surface area contributed by atoms with Crippen LogP contribution in [0.25, 0.3) is 0 Å². The van der Waals surface area contributed by atoms with Crippen LogP contribution in [0.5, 0.6) is 5.75 Å². The molecule has 0 aliphatic carbocycles. The molecule has 0 aromatic heterocycles. The topological polar surface area (TPSA) is 32.3 Å². The molecule has 0 heterocycles. The van der Waals surface area contributed by atoms with Gasteiger partial charge >= 0.3 is 0 Å². The molecule has 2 aromatic carbocycles. The molecule has 3 heteroatoms. The number of aryl methyl sites for hydroxylation is 1. The smallest absolute Gasteiger partial charge is 0.120 e. The Balaban J connectivity index is 2.06. The lowest BCUT2D eigenvalue weighted by molar-refractivity contribution is 0.460. The van der Waals surface area contributed by atoms with E-state index < -0.39 is 0 Å². The number of aromatic hydroxyl groups is 1. The molecule has 0 radical (unpaired) electrons. The molecule has 0 bridgehead atoms. The third-order valence-corrected chi connectivity index (χ3v) is 3.93. The maximum atomic E-state index is 9.82. The molecular weight excluding hydrogens is 302 g/mol. The molecule has 2 N–H and O–H groups in total. The molecule has 0 saturated heterocycles. The zero-order valence-corrected chi connectivity index (χ0v) is 12.7. The number of hydrogen-bond acceptors (Lipinski definition) is 2. The van der Waals surface area contributed by atoms with Gasteiger partial charge in [-0.2, -0.15) is 0 Å². The van der Waals surface area contributed by atoms with Crippen LogP contribution in [0.15, 0.2) is 46.9 Å². The lowest BCUT2D eigenvalue weighted by Crippen LogP contribution is -2.18. The van der Waals surface area contributed by atoms with Crippen LogP contribution in [0.1, 0.15) is 29.7 Å². The normalized spacial score (nSPS) is 12.4. The van der Waals surface area contributed by atoms with E-state index in [0.29, 0.717) is 12.3 Å². The second-order valence-corrected chi connectivity index (χ2v) is 5.61. The molecule has 100 valence electrons. The first-order chi connectivity index (χ1) is 9.08. The second kappa shape index (κ2) is 6.22. The van der Waals surface area contributed by atoms with Crippen LogP contribution < -0.4 is 5.32 Å². The Hall–Kier alpha value is -1.32. The first-order valence-corrected chi connectivity index (χ1v) is 7.13. The minimum atomic E-state index is 0.218. The first kappa shape index (κ1) is 14.1. The van der Waals surface area contributed by atoms with E-state index in [1.807, 2.05) is 37.3 Å². The number of benzene rings is 2.